The van der Waals surface area contributed by atoms with Gasteiger partial charge in [-0.05, 0) is 24.3 Å². The number of para-hydroxylation sites is 2. The number of hydrogen-bond donors (Lipinski definition) is 0. The van der Waals surface area contributed by atoms with Gasteiger partial charge in [0.05, 0.1) is 16.7 Å². The molecule has 0 aliphatic carbocycles. The molecule has 0 bridgehead atoms. The third-order valence-corrected chi connectivity index (χ3v) is 3.97. The molecule has 21 heavy (non-hydrogen) atoms. The number of hydrogen-bond acceptors (Lipinski definition) is 1. The highest BCUT2D eigenvalue weighted by atomic mass is 35.5. The molecule has 4 rings (SSSR count). The number of halogens is 2. The Kier molecular flexibility index (Phi) is 2.88. The van der Waals surface area contributed by atoms with Crippen LogP contribution in [0.15, 0.2) is 60.7 Å². The van der Waals surface area contributed by atoms with Gasteiger partial charge in [0, 0.05) is 10.8 Å². The van der Waals surface area contributed by atoms with Crippen molar-refractivity contribution < 1.29 is 0 Å². The molecule has 2 heterocycles. The number of benzene rings is 2. The van der Waals surface area contributed by atoms with E-state index >= 15 is 0 Å². The lowest BCUT2D eigenvalue weighted by atomic mass is 10.2. The Morgan fingerprint density at radius 2 is 1.19 bits per heavy atom. The monoisotopic (exact) mass is 312 g/mol. The Bertz CT molecular complexity index is 900. The highest BCUT2D eigenvalue weighted by Gasteiger charge is 2.12. The molecule has 0 saturated heterocycles. The molecule has 4 aromatic rings. The third kappa shape index (κ3) is 1.99. The summed E-state index contributed by atoms with van der Waals surface area (Å²) in [5.74, 6) is 0. The van der Waals surface area contributed by atoms with E-state index in [1.54, 1.807) is 0 Å². The smallest absolute Gasteiger partial charge is 0.132 e. The second-order valence-electron chi connectivity index (χ2n) is 4.84. The number of aromatic nitrogens is 2. The number of rotatable bonds is 1. The summed E-state index contributed by atoms with van der Waals surface area (Å²) >= 11 is 12.1. The average molecular weight is 313 g/mol. The largest absolute Gasteiger partial charge is 0.309 e. The van der Waals surface area contributed by atoms with Crippen molar-refractivity contribution in [1.29, 1.82) is 0 Å². The first-order chi connectivity index (χ1) is 10.2. The minimum Gasteiger partial charge on any atom is -0.309 e. The molecule has 0 radical (unpaired) electrons. The fourth-order valence-electron chi connectivity index (χ4n) is 2.78. The molecule has 0 aliphatic rings. The van der Waals surface area contributed by atoms with Crippen molar-refractivity contribution in [3.05, 3.63) is 71.0 Å². The second-order valence-corrected chi connectivity index (χ2v) is 5.61. The van der Waals surface area contributed by atoms with E-state index in [1.807, 2.05) is 36.4 Å². The van der Waals surface area contributed by atoms with Gasteiger partial charge in [0.2, 0.25) is 0 Å². The minimum absolute atomic E-state index is 0.388. The van der Waals surface area contributed by atoms with E-state index in [1.165, 1.54) is 10.8 Å². The molecule has 2 aromatic heterocycles. The third-order valence-electron chi connectivity index (χ3n) is 3.59. The van der Waals surface area contributed by atoms with E-state index in [9.17, 15) is 0 Å². The van der Waals surface area contributed by atoms with E-state index in [-0.39, 0.29) is 0 Å². The lowest BCUT2D eigenvalue weighted by molar-refractivity contribution is 1.16. The van der Waals surface area contributed by atoms with Gasteiger partial charge >= 0.3 is 0 Å². The highest BCUT2D eigenvalue weighted by Crippen LogP contribution is 2.32. The van der Waals surface area contributed by atoms with Crippen LogP contribution in [0.5, 0.6) is 0 Å². The summed E-state index contributed by atoms with van der Waals surface area (Å²) in [6.07, 6.45) is 0. The van der Waals surface area contributed by atoms with Crippen LogP contribution in [0.25, 0.3) is 27.5 Å². The Morgan fingerprint density at radius 3 is 1.71 bits per heavy atom. The summed E-state index contributed by atoms with van der Waals surface area (Å²) in [5.41, 5.74) is 3.16. The van der Waals surface area contributed by atoms with Crippen LogP contribution in [0, 0.1) is 0 Å². The summed E-state index contributed by atoms with van der Waals surface area (Å²) in [5, 5.41) is 3.19. The zero-order chi connectivity index (χ0) is 14.4. The molecule has 102 valence electrons. The molecule has 0 atom stereocenters. The van der Waals surface area contributed by atoms with Crippen molar-refractivity contribution >= 4 is 45.0 Å². The van der Waals surface area contributed by atoms with Crippen molar-refractivity contribution in [2.45, 2.75) is 0 Å². The quantitative estimate of drug-likeness (QED) is 0.425. The van der Waals surface area contributed by atoms with Crippen molar-refractivity contribution in [2.24, 2.45) is 0 Å². The van der Waals surface area contributed by atoms with Crippen LogP contribution >= 0.6 is 23.2 Å². The van der Waals surface area contributed by atoms with Gasteiger partial charge in [-0.15, -0.1) is 0 Å². The maximum Gasteiger partial charge on any atom is 0.132 e. The zero-order valence-corrected chi connectivity index (χ0v) is 12.4. The topological polar surface area (TPSA) is 17.8 Å². The molecule has 0 amide bonds. The average Bonchev–Trinajstić information content (AvgIpc) is 2.81. The summed E-state index contributed by atoms with van der Waals surface area (Å²) in [6.45, 7) is 0. The van der Waals surface area contributed by atoms with Gasteiger partial charge in [-0.2, -0.15) is 0 Å². The number of fused-ring (bicyclic) bond motifs is 3. The van der Waals surface area contributed by atoms with Crippen LogP contribution in [0.4, 0.5) is 0 Å². The minimum atomic E-state index is 0.388. The van der Waals surface area contributed by atoms with E-state index in [4.69, 9.17) is 23.2 Å². The van der Waals surface area contributed by atoms with Crippen LogP contribution in [0.2, 0.25) is 10.3 Å². The Hall–Kier alpha value is -2.03. The maximum absolute atomic E-state index is 6.06. The van der Waals surface area contributed by atoms with Gasteiger partial charge in [-0.25, -0.2) is 4.98 Å². The van der Waals surface area contributed by atoms with Crippen molar-refractivity contribution in [3.63, 3.8) is 0 Å². The van der Waals surface area contributed by atoms with Gasteiger partial charge in [0.15, 0.2) is 0 Å². The van der Waals surface area contributed by atoms with Gasteiger partial charge < -0.3 is 4.57 Å². The predicted octanol–water partition coefficient (Wildman–Crippen LogP) is 5.49. The van der Waals surface area contributed by atoms with Crippen LogP contribution < -0.4 is 0 Å². The van der Waals surface area contributed by atoms with Crippen molar-refractivity contribution in [3.8, 4) is 5.69 Å². The normalized spacial score (nSPS) is 11.3. The fraction of sp³-hybridized carbons (Fsp3) is 0. The Labute approximate surface area is 131 Å². The number of pyridine rings is 1. The predicted molar refractivity (Wildman–Crippen MR) is 88.6 cm³/mol. The molecule has 0 unspecified atom stereocenters. The lowest BCUT2D eigenvalue weighted by Crippen LogP contribution is -1.94. The van der Waals surface area contributed by atoms with Gasteiger partial charge in [-0.1, -0.05) is 59.6 Å². The molecule has 0 saturated carbocycles. The second kappa shape index (κ2) is 4.76. The summed E-state index contributed by atoms with van der Waals surface area (Å²) in [6, 6.07) is 20.2. The van der Waals surface area contributed by atoms with Crippen LogP contribution in [0.1, 0.15) is 0 Å². The first kappa shape index (κ1) is 12.7. The highest BCUT2D eigenvalue weighted by molar-refractivity contribution is 6.32. The molecule has 0 spiro atoms. The summed E-state index contributed by atoms with van der Waals surface area (Å²) in [7, 11) is 0. The van der Waals surface area contributed by atoms with E-state index < -0.39 is 0 Å². The van der Waals surface area contributed by atoms with E-state index in [2.05, 4.69) is 33.8 Å². The van der Waals surface area contributed by atoms with E-state index in [0.29, 0.717) is 10.3 Å². The molecular formula is C17H10Cl2N2. The van der Waals surface area contributed by atoms with Gasteiger partial charge in [0.25, 0.3) is 0 Å². The van der Waals surface area contributed by atoms with Crippen LogP contribution in [-0.4, -0.2) is 9.55 Å². The summed E-state index contributed by atoms with van der Waals surface area (Å²) < 4.78 is 2.16. The van der Waals surface area contributed by atoms with Crippen LogP contribution in [-0.2, 0) is 0 Å². The van der Waals surface area contributed by atoms with Crippen molar-refractivity contribution in [1.82, 2.24) is 9.55 Å². The first-order valence-corrected chi connectivity index (χ1v) is 7.31. The SMILES string of the molecule is Clc1cc(-n2c3ccccc3c3ccccc32)cc(Cl)n1. The van der Waals surface area contributed by atoms with Crippen molar-refractivity contribution in [2.75, 3.05) is 0 Å². The maximum atomic E-state index is 6.06. The molecule has 2 nitrogen and oxygen atoms in total. The standard InChI is InChI=1S/C17H10Cl2N2/c18-16-9-11(10-17(19)20-16)21-14-7-3-1-5-12(14)13-6-2-4-8-15(13)21/h1-10H. The summed E-state index contributed by atoms with van der Waals surface area (Å²) in [4.78, 5) is 4.02. The molecule has 0 fully saturated rings. The lowest BCUT2D eigenvalue weighted by Gasteiger charge is -2.08. The zero-order valence-electron chi connectivity index (χ0n) is 10.9. The molecule has 4 heteroatoms. The molecular weight excluding hydrogens is 303 g/mol. The van der Waals surface area contributed by atoms with Crippen LogP contribution in [0.3, 0.4) is 0 Å². The molecule has 0 N–H and O–H groups in total. The Balaban J connectivity index is 2.20. The first-order valence-electron chi connectivity index (χ1n) is 6.56. The van der Waals surface area contributed by atoms with E-state index in [0.717, 1.165) is 16.7 Å². The fourth-order valence-corrected chi connectivity index (χ4v) is 3.23. The molecule has 2 aromatic carbocycles. The Morgan fingerprint density at radius 1 is 0.714 bits per heavy atom. The number of nitrogens with zero attached hydrogens (tertiary/aromatic N) is 2. The molecule has 0 aliphatic heterocycles. The van der Waals surface area contributed by atoms with Gasteiger partial charge in [-0.3, -0.25) is 0 Å². The van der Waals surface area contributed by atoms with Gasteiger partial charge in [0.1, 0.15) is 10.3 Å².